The zero-order valence-electron chi connectivity index (χ0n) is 11.7. The quantitative estimate of drug-likeness (QED) is 0.484. The van der Waals surface area contributed by atoms with E-state index in [9.17, 15) is 19.7 Å². The molecule has 0 fully saturated rings. The molecule has 3 aromatic rings. The van der Waals surface area contributed by atoms with Gasteiger partial charge in [-0.15, -0.1) is 0 Å². The molecular formula is C13H9N5O5. The molecule has 3 N–H and O–H groups in total. The molecule has 10 nitrogen and oxygen atoms in total. The molecule has 0 spiro atoms. The first-order valence-corrected chi connectivity index (χ1v) is 6.34. The van der Waals surface area contributed by atoms with Gasteiger partial charge in [-0.25, -0.2) is 14.8 Å². The second kappa shape index (κ2) is 5.02. The molecule has 10 heteroatoms. The minimum atomic E-state index is -1.48. The molecule has 0 unspecified atom stereocenters. The third-order valence-electron chi connectivity index (χ3n) is 3.20. The summed E-state index contributed by atoms with van der Waals surface area (Å²) in [6.45, 7) is 1.69. The number of aromatic nitrogens is 4. The highest BCUT2D eigenvalue weighted by atomic mass is 16.6. The summed E-state index contributed by atoms with van der Waals surface area (Å²) in [5, 5.41) is 20.2. The number of aromatic amines is 2. The number of H-pyrrole nitrogens is 2. The van der Waals surface area contributed by atoms with Crippen molar-refractivity contribution in [2.45, 2.75) is 6.92 Å². The number of nitro benzene ring substituents is 1. The van der Waals surface area contributed by atoms with Crippen LogP contribution in [-0.4, -0.2) is 35.9 Å². The summed E-state index contributed by atoms with van der Waals surface area (Å²) in [4.78, 5) is 46.2. The largest absolute Gasteiger partial charge is 0.476 e. The SMILES string of the molecule is Cc1ncc(-c2cc3nc(C(=O)O)c(=O)[nH]c3cc2[N+](=O)[O-])[nH]1. The van der Waals surface area contributed by atoms with Crippen LogP contribution in [0, 0.1) is 17.0 Å². The molecule has 0 aliphatic heterocycles. The van der Waals surface area contributed by atoms with E-state index < -0.39 is 22.1 Å². The van der Waals surface area contributed by atoms with Crippen LogP contribution in [0.15, 0.2) is 23.1 Å². The second-order valence-corrected chi connectivity index (χ2v) is 4.75. The fourth-order valence-corrected chi connectivity index (χ4v) is 2.19. The minimum absolute atomic E-state index is 0.0756. The average molecular weight is 315 g/mol. The number of imidazole rings is 1. The van der Waals surface area contributed by atoms with E-state index in [1.807, 2.05) is 0 Å². The number of aryl methyl sites for hydroxylation is 1. The number of carbonyl (C=O) groups is 1. The number of nitrogens with one attached hydrogen (secondary N) is 2. The van der Waals surface area contributed by atoms with Crippen LogP contribution in [0.3, 0.4) is 0 Å². The van der Waals surface area contributed by atoms with Crippen molar-refractivity contribution in [3.05, 3.63) is 50.3 Å². The maximum Gasteiger partial charge on any atom is 0.360 e. The van der Waals surface area contributed by atoms with Crippen molar-refractivity contribution >= 4 is 22.7 Å². The first-order valence-electron chi connectivity index (χ1n) is 6.34. The lowest BCUT2D eigenvalue weighted by atomic mass is 10.1. The zero-order chi connectivity index (χ0) is 16.7. The van der Waals surface area contributed by atoms with Crippen molar-refractivity contribution < 1.29 is 14.8 Å². The van der Waals surface area contributed by atoms with Crippen LogP contribution in [0.4, 0.5) is 5.69 Å². The lowest BCUT2D eigenvalue weighted by molar-refractivity contribution is -0.384. The topological polar surface area (TPSA) is 155 Å². The fourth-order valence-electron chi connectivity index (χ4n) is 2.19. The summed E-state index contributed by atoms with van der Waals surface area (Å²) in [6, 6.07) is 2.48. The van der Waals surface area contributed by atoms with E-state index >= 15 is 0 Å². The smallest absolute Gasteiger partial charge is 0.360 e. The Bertz CT molecular complexity index is 1020. The summed E-state index contributed by atoms with van der Waals surface area (Å²) < 4.78 is 0. The molecule has 0 bridgehead atoms. The highest BCUT2D eigenvalue weighted by Crippen LogP contribution is 2.31. The van der Waals surface area contributed by atoms with Crippen molar-refractivity contribution in [1.29, 1.82) is 0 Å². The number of hydrogen-bond acceptors (Lipinski definition) is 6. The van der Waals surface area contributed by atoms with Crippen LogP contribution in [0.1, 0.15) is 16.3 Å². The number of nitro groups is 1. The van der Waals surface area contributed by atoms with Crippen LogP contribution >= 0.6 is 0 Å². The Morgan fingerprint density at radius 2 is 2.09 bits per heavy atom. The molecule has 2 heterocycles. The Hall–Kier alpha value is -3.56. The Labute approximate surface area is 127 Å². The summed E-state index contributed by atoms with van der Waals surface area (Å²) in [5.41, 5.74) is -1.09. The second-order valence-electron chi connectivity index (χ2n) is 4.75. The van der Waals surface area contributed by atoms with E-state index in [1.54, 1.807) is 6.92 Å². The summed E-state index contributed by atoms with van der Waals surface area (Å²) in [7, 11) is 0. The zero-order valence-corrected chi connectivity index (χ0v) is 11.7. The van der Waals surface area contributed by atoms with Gasteiger partial charge in [0.05, 0.1) is 33.4 Å². The monoisotopic (exact) mass is 315 g/mol. The van der Waals surface area contributed by atoms with Gasteiger partial charge in [-0.1, -0.05) is 0 Å². The first-order chi connectivity index (χ1) is 10.9. The Morgan fingerprint density at radius 1 is 1.35 bits per heavy atom. The lowest BCUT2D eigenvalue weighted by Gasteiger charge is -2.04. The lowest BCUT2D eigenvalue weighted by Crippen LogP contribution is -2.19. The van der Waals surface area contributed by atoms with E-state index in [0.29, 0.717) is 11.5 Å². The molecule has 0 saturated carbocycles. The number of aromatic carboxylic acids is 1. The van der Waals surface area contributed by atoms with E-state index in [0.717, 1.165) is 6.07 Å². The van der Waals surface area contributed by atoms with Gasteiger partial charge in [-0.3, -0.25) is 14.9 Å². The first kappa shape index (κ1) is 14.4. The molecule has 116 valence electrons. The predicted octanol–water partition coefficient (Wildman–Crippen LogP) is 1.23. The number of nitrogens with zero attached hydrogens (tertiary/aromatic N) is 3. The van der Waals surface area contributed by atoms with Gasteiger partial charge in [-0.2, -0.15) is 0 Å². The predicted molar refractivity (Wildman–Crippen MR) is 78.3 cm³/mol. The average Bonchev–Trinajstić information content (AvgIpc) is 2.91. The molecule has 0 saturated heterocycles. The third kappa shape index (κ3) is 2.41. The number of rotatable bonds is 3. The van der Waals surface area contributed by atoms with Crippen molar-refractivity contribution in [3.8, 4) is 11.3 Å². The van der Waals surface area contributed by atoms with Gasteiger partial charge < -0.3 is 15.1 Å². The van der Waals surface area contributed by atoms with Gasteiger partial charge in [0, 0.05) is 6.07 Å². The molecule has 0 radical (unpaired) electrons. The van der Waals surface area contributed by atoms with E-state index in [-0.39, 0.29) is 22.3 Å². The molecular weight excluding hydrogens is 306 g/mol. The fraction of sp³-hybridized carbons (Fsp3) is 0.0769. The Morgan fingerprint density at radius 3 is 2.65 bits per heavy atom. The Balaban J connectivity index is 2.36. The van der Waals surface area contributed by atoms with Gasteiger partial charge in [0.2, 0.25) is 5.69 Å². The van der Waals surface area contributed by atoms with Gasteiger partial charge in [0.15, 0.2) is 0 Å². The van der Waals surface area contributed by atoms with Crippen LogP contribution in [0.5, 0.6) is 0 Å². The summed E-state index contributed by atoms with van der Waals surface area (Å²) in [5.74, 6) is -0.916. The number of fused-ring (bicyclic) bond motifs is 1. The molecule has 0 atom stereocenters. The molecule has 2 aromatic heterocycles. The van der Waals surface area contributed by atoms with Crippen LogP contribution in [-0.2, 0) is 0 Å². The van der Waals surface area contributed by atoms with Crippen molar-refractivity contribution in [3.63, 3.8) is 0 Å². The molecule has 3 rings (SSSR count). The van der Waals surface area contributed by atoms with E-state index in [2.05, 4.69) is 19.9 Å². The molecule has 23 heavy (non-hydrogen) atoms. The molecule has 1 aromatic carbocycles. The maximum absolute atomic E-state index is 11.6. The third-order valence-corrected chi connectivity index (χ3v) is 3.20. The molecule has 0 amide bonds. The summed E-state index contributed by atoms with van der Waals surface area (Å²) in [6.07, 6.45) is 1.42. The number of benzene rings is 1. The Kier molecular flexibility index (Phi) is 3.14. The maximum atomic E-state index is 11.6. The summed E-state index contributed by atoms with van der Waals surface area (Å²) >= 11 is 0. The number of carboxylic acid groups (broad SMARTS) is 1. The van der Waals surface area contributed by atoms with Gasteiger partial charge in [-0.05, 0) is 13.0 Å². The standard InChI is InChI=1S/C13H9N5O5/c1-5-14-4-9(15-5)6-2-7-8(3-10(6)18(22)23)17-12(19)11(16-7)13(20)21/h2-4H,1H3,(H,14,15)(H,17,19)(H,20,21). The van der Waals surface area contributed by atoms with Crippen molar-refractivity contribution in [1.82, 2.24) is 19.9 Å². The number of carboxylic acids is 1. The van der Waals surface area contributed by atoms with E-state index in [1.165, 1.54) is 12.3 Å². The van der Waals surface area contributed by atoms with Gasteiger partial charge in [0.25, 0.3) is 11.2 Å². The van der Waals surface area contributed by atoms with Crippen LogP contribution in [0.25, 0.3) is 22.3 Å². The highest BCUT2D eigenvalue weighted by Gasteiger charge is 2.21. The minimum Gasteiger partial charge on any atom is -0.476 e. The highest BCUT2D eigenvalue weighted by molar-refractivity contribution is 5.91. The van der Waals surface area contributed by atoms with Crippen molar-refractivity contribution in [2.24, 2.45) is 0 Å². The van der Waals surface area contributed by atoms with Crippen LogP contribution in [0.2, 0.25) is 0 Å². The van der Waals surface area contributed by atoms with E-state index in [4.69, 9.17) is 5.11 Å². The normalized spacial score (nSPS) is 10.8. The molecule has 0 aliphatic rings. The number of hydrogen-bond donors (Lipinski definition) is 3. The van der Waals surface area contributed by atoms with Gasteiger partial charge >= 0.3 is 5.97 Å². The van der Waals surface area contributed by atoms with Crippen molar-refractivity contribution in [2.75, 3.05) is 0 Å². The molecule has 0 aliphatic carbocycles. The van der Waals surface area contributed by atoms with Gasteiger partial charge in [0.1, 0.15) is 5.82 Å². The van der Waals surface area contributed by atoms with Crippen LogP contribution < -0.4 is 5.56 Å².